The molecule has 1 aromatic carbocycles. The van der Waals surface area contributed by atoms with Gasteiger partial charge in [0.2, 0.25) is 31.2 Å². The van der Waals surface area contributed by atoms with Gasteiger partial charge in [-0.25, -0.2) is 30.0 Å². The van der Waals surface area contributed by atoms with Gasteiger partial charge in [0, 0.05) is 0 Å². The molecule has 1 atom stereocenters. The number of carbonyl (C=O) groups excluding carboxylic acids is 1. The van der Waals surface area contributed by atoms with Crippen molar-refractivity contribution in [3.05, 3.63) is 23.8 Å². The zero-order valence-electron chi connectivity index (χ0n) is 20.3. The molecule has 16 nitrogen and oxygen atoms in total. The molecule has 0 unspecified atom stereocenters. The molecule has 0 N–H and O–H groups in total. The maximum absolute atomic E-state index is 12.0. The van der Waals surface area contributed by atoms with Gasteiger partial charge in [-0.1, -0.05) is 0 Å². The van der Waals surface area contributed by atoms with Gasteiger partial charge in [-0.05, 0) is 31.0 Å². The molecule has 1 aromatic rings. The van der Waals surface area contributed by atoms with Crippen molar-refractivity contribution in [3.63, 3.8) is 0 Å². The predicted octanol–water partition coefficient (Wildman–Crippen LogP) is -10.2. The number of methoxy groups -OCH3 is 1. The van der Waals surface area contributed by atoms with E-state index in [-0.39, 0.29) is 132 Å². The summed E-state index contributed by atoms with van der Waals surface area (Å²) in [6.45, 7) is -2.29. The van der Waals surface area contributed by atoms with Crippen LogP contribution in [-0.2, 0) is 48.5 Å². The molecule has 0 aromatic heterocycles. The normalized spacial score (nSPS) is 12.2. The van der Waals surface area contributed by atoms with Crippen molar-refractivity contribution in [2.75, 3.05) is 33.5 Å². The van der Waals surface area contributed by atoms with Crippen molar-refractivity contribution in [1.29, 1.82) is 0 Å². The summed E-state index contributed by atoms with van der Waals surface area (Å²) in [4.78, 5) is 12.0. The topological polar surface area (TPSA) is 244 Å². The summed E-state index contributed by atoms with van der Waals surface area (Å²) in [6, 6.07) is 3.63. The van der Waals surface area contributed by atoms with Crippen LogP contribution in [-0.4, -0.2) is 84.5 Å². The standard InChI is InChI=1S/C15H22O16S3.3Na/c1-26-15(16)13-8-11(4-5-14(13)27-6-2-3-7-29-32(17,18)19)28-9-12(31-34(23,24)25)10-30-33(20,21)22;;;/h4-5,8,12H,2-3,6-7,9-10H2,1H3,(H,17,18,19)(H,20,21,22)(H,23,24,25);;;/q;3*+1/p-3/t12-;;;/m0.../s1. The molecular weight excluding hydrogens is 601 g/mol. The van der Waals surface area contributed by atoms with Crippen LogP contribution in [0.1, 0.15) is 23.2 Å². The fourth-order valence-electron chi connectivity index (χ4n) is 2.16. The monoisotopic (exact) mass is 620 g/mol. The van der Waals surface area contributed by atoms with E-state index in [9.17, 15) is 43.7 Å². The summed E-state index contributed by atoms with van der Waals surface area (Å²) in [7, 11) is -14.3. The third-order valence-electron chi connectivity index (χ3n) is 3.47. The van der Waals surface area contributed by atoms with Crippen LogP contribution in [0.15, 0.2) is 18.2 Å². The number of hydrogen-bond donors (Lipinski definition) is 0. The number of unbranched alkanes of at least 4 members (excludes halogenated alkanes) is 1. The minimum atomic E-state index is -5.31. The van der Waals surface area contributed by atoms with Gasteiger partial charge in [0.05, 0.1) is 26.9 Å². The van der Waals surface area contributed by atoms with Gasteiger partial charge in [-0.3, -0.25) is 12.5 Å². The SMILES string of the molecule is COC(=O)c1cc(OC[C@@H](COS(=O)(=O)[O-])OS(=O)(=O)[O-])ccc1OCCCCOS(=O)(=O)[O-].[Na+].[Na+].[Na+]. The Hall–Kier alpha value is 0.900. The van der Waals surface area contributed by atoms with Crippen LogP contribution in [0.5, 0.6) is 11.5 Å². The Morgan fingerprint density at radius 2 is 1.38 bits per heavy atom. The van der Waals surface area contributed by atoms with Crippen molar-refractivity contribution in [2.24, 2.45) is 0 Å². The summed E-state index contributed by atoms with van der Waals surface area (Å²) >= 11 is 0. The second-order valence-electron chi connectivity index (χ2n) is 6.07. The molecular formula is C15H19Na3O16S3. The van der Waals surface area contributed by atoms with E-state index in [2.05, 4.69) is 17.3 Å². The Kier molecular flexibility index (Phi) is 22.8. The molecule has 0 fully saturated rings. The van der Waals surface area contributed by atoms with E-state index in [4.69, 9.17) is 9.47 Å². The van der Waals surface area contributed by atoms with Crippen LogP contribution in [0.25, 0.3) is 0 Å². The third-order valence-corrected chi connectivity index (χ3v) is 4.86. The second-order valence-corrected chi connectivity index (χ2v) is 9.18. The van der Waals surface area contributed by atoms with Gasteiger partial charge < -0.3 is 27.9 Å². The molecule has 0 bridgehead atoms. The number of carbonyl (C=O) groups is 1. The second kappa shape index (κ2) is 19.9. The first-order valence-corrected chi connectivity index (χ1v) is 12.9. The van der Waals surface area contributed by atoms with Crippen molar-refractivity contribution >= 4 is 37.2 Å². The Bertz CT molecular complexity index is 1140. The molecule has 0 aliphatic heterocycles. The maximum atomic E-state index is 12.0. The van der Waals surface area contributed by atoms with E-state index in [0.29, 0.717) is 0 Å². The Morgan fingerprint density at radius 3 is 1.89 bits per heavy atom. The molecule has 22 heteroatoms. The number of benzene rings is 1. The van der Waals surface area contributed by atoms with E-state index >= 15 is 0 Å². The summed E-state index contributed by atoms with van der Waals surface area (Å²) in [5.41, 5.74) is -0.148. The van der Waals surface area contributed by atoms with E-state index in [0.717, 1.165) is 13.2 Å². The minimum absolute atomic E-state index is 0. The van der Waals surface area contributed by atoms with E-state index in [1.807, 2.05) is 0 Å². The number of hydrogen-bond acceptors (Lipinski definition) is 16. The zero-order valence-corrected chi connectivity index (χ0v) is 28.8. The van der Waals surface area contributed by atoms with Gasteiger partial charge in [0.1, 0.15) is 29.8 Å². The molecule has 196 valence electrons. The van der Waals surface area contributed by atoms with Gasteiger partial charge in [0.15, 0.2) is 0 Å². The Labute approximate surface area is 280 Å². The molecule has 0 aliphatic carbocycles. The molecule has 0 radical (unpaired) electrons. The average molecular weight is 620 g/mol. The molecule has 0 heterocycles. The summed E-state index contributed by atoms with van der Waals surface area (Å²) < 4.78 is 122. The van der Waals surface area contributed by atoms with Gasteiger partial charge >= 0.3 is 94.6 Å². The van der Waals surface area contributed by atoms with Crippen LogP contribution in [0.4, 0.5) is 0 Å². The number of esters is 1. The van der Waals surface area contributed by atoms with Crippen LogP contribution in [0.3, 0.4) is 0 Å². The third kappa shape index (κ3) is 21.3. The number of ether oxygens (including phenoxy) is 3. The van der Waals surface area contributed by atoms with E-state index in [1.165, 1.54) is 12.1 Å². The van der Waals surface area contributed by atoms with E-state index in [1.54, 1.807) is 0 Å². The summed E-state index contributed by atoms with van der Waals surface area (Å²) in [5, 5.41) is 0. The molecule has 0 saturated carbocycles. The van der Waals surface area contributed by atoms with Crippen molar-refractivity contribution in [1.82, 2.24) is 0 Å². The maximum Gasteiger partial charge on any atom is 1.00 e. The van der Waals surface area contributed by atoms with Gasteiger partial charge in [-0.2, -0.15) is 0 Å². The van der Waals surface area contributed by atoms with E-state index < -0.39 is 56.5 Å². The minimum Gasteiger partial charge on any atom is -0.726 e. The zero-order chi connectivity index (χ0) is 26.0. The van der Waals surface area contributed by atoms with Crippen LogP contribution >= 0.6 is 0 Å². The fourth-order valence-corrected chi connectivity index (χ4v) is 3.25. The smallest absolute Gasteiger partial charge is 0.726 e. The van der Waals surface area contributed by atoms with Crippen LogP contribution < -0.4 is 98.1 Å². The van der Waals surface area contributed by atoms with Crippen molar-refractivity contribution in [2.45, 2.75) is 18.9 Å². The first kappa shape index (κ1) is 42.4. The number of rotatable bonds is 16. The van der Waals surface area contributed by atoms with Crippen LogP contribution in [0, 0.1) is 0 Å². The molecule has 0 aliphatic rings. The molecule has 1 rings (SSSR count). The largest absolute Gasteiger partial charge is 1.00 e. The Balaban J connectivity index is -0.00000385. The van der Waals surface area contributed by atoms with Gasteiger partial charge in [-0.15, -0.1) is 0 Å². The quantitative estimate of drug-likeness (QED) is 0.0547. The average Bonchev–Trinajstić information content (AvgIpc) is 2.70. The van der Waals surface area contributed by atoms with Crippen molar-refractivity contribution in [3.8, 4) is 11.5 Å². The summed E-state index contributed by atoms with van der Waals surface area (Å²) in [5.74, 6) is -0.937. The summed E-state index contributed by atoms with van der Waals surface area (Å²) in [6.07, 6.45) is -1.41. The fraction of sp³-hybridized carbons (Fsp3) is 0.533. The first-order valence-electron chi connectivity index (χ1n) is 8.92. The molecule has 37 heavy (non-hydrogen) atoms. The van der Waals surface area contributed by atoms with Gasteiger partial charge in [0.25, 0.3) is 0 Å². The molecule has 0 spiro atoms. The van der Waals surface area contributed by atoms with Crippen molar-refractivity contribution < 1.29 is 159 Å². The predicted molar refractivity (Wildman–Crippen MR) is 104 cm³/mol. The van der Waals surface area contributed by atoms with Crippen LogP contribution in [0.2, 0.25) is 0 Å². The molecule has 0 amide bonds. The molecule has 0 saturated heterocycles. The first-order chi connectivity index (χ1) is 15.6. The Morgan fingerprint density at radius 1 is 0.811 bits per heavy atom.